The number of ether oxygens (including phenoxy) is 1. The predicted molar refractivity (Wildman–Crippen MR) is 87.6 cm³/mol. The summed E-state index contributed by atoms with van der Waals surface area (Å²) in [4.78, 5) is 18.6. The first-order valence-electron chi connectivity index (χ1n) is 7.57. The van der Waals surface area contributed by atoms with E-state index in [2.05, 4.69) is 15.2 Å². The molecule has 3 rings (SSSR count). The molecule has 6 nitrogen and oxygen atoms in total. The lowest BCUT2D eigenvalue weighted by Crippen LogP contribution is -2.36. The van der Waals surface area contributed by atoms with Crippen LogP contribution in [0.3, 0.4) is 0 Å². The minimum Gasteiger partial charge on any atom is -0.392 e. The summed E-state index contributed by atoms with van der Waals surface area (Å²) in [5, 5.41) is 12.3. The minimum atomic E-state index is -0.253. The number of nitrogens with zero attached hydrogens (tertiary/aromatic N) is 2. The summed E-state index contributed by atoms with van der Waals surface area (Å²) < 4.78 is 5.38. The van der Waals surface area contributed by atoms with Crippen molar-refractivity contribution in [1.82, 2.24) is 4.98 Å². The van der Waals surface area contributed by atoms with Gasteiger partial charge in [0.15, 0.2) is 0 Å². The summed E-state index contributed by atoms with van der Waals surface area (Å²) in [6.45, 7) is 2.77. The molecule has 1 fully saturated rings. The Balaban J connectivity index is 1.87. The number of hydrogen-bond donors (Lipinski definition) is 2. The molecule has 2 heterocycles. The number of hydrogen-bond acceptors (Lipinski definition) is 5. The van der Waals surface area contributed by atoms with Crippen molar-refractivity contribution in [2.75, 3.05) is 36.5 Å². The maximum Gasteiger partial charge on any atom is 0.274 e. The van der Waals surface area contributed by atoms with Crippen LogP contribution in [0.15, 0.2) is 42.6 Å². The van der Waals surface area contributed by atoms with Gasteiger partial charge in [-0.1, -0.05) is 12.1 Å². The molecule has 0 spiro atoms. The molecule has 0 bridgehead atoms. The number of aliphatic hydroxyl groups excluding tert-OH is 1. The summed E-state index contributed by atoms with van der Waals surface area (Å²) in [6.07, 6.45) is 1.59. The van der Waals surface area contributed by atoms with Gasteiger partial charge in [-0.15, -0.1) is 0 Å². The normalized spacial score (nSPS) is 14.6. The maximum atomic E-state index is 12.3. The van der Waals surface area contributed by atoms with E-state index in [1.807, 2.05) is 12.1 Å². The number of anilines is 2. The number of aromatic nitrogens is 1. The van der Waals surface area contributed by atoms with Crippen LogP contribution in [0.5, 0.6) is 0 Å². The Hall–Kier alpha value is -2.44. The molecule has 1 saturated heterocycles. The third-order valence-corrected chi connectivity index (χ3v) is 3.74. The van der Waals surface area contributed by atoms with E-state index in [1.165, 1.54) is 0 Å². The fourth-order valence-corrected chi connectivity index (χ4v) is 2.53. The number of carbonyl (C=O) groups is 1. The Bertz CT molecular complexity index is 670. The molecule has 0 saturated carbocycles. The molecule has 2 N–H and O–H groups in total. The van der Waals surface area contributed by atoms with Crippen molar-refractivity contribution in [3.05, 3.63) is 53.9 Å². The molecule has 2 aromatic rings. The zero-order valence-electron chi connectivity index (χ0n) is 12.7. The van der Waals surface area contributed by atoms with E-state index >= 15 is 0 Å². The molecular weight excluding hydrogens is 294 g/mol. The summed E-state index contributed by atoms with van der Waals surface area (Å²) in [6, 6.07) is 10.7. The van der Waals surface area contributed by atoms with Gasteiger partial charge in [0.1, 0.15) is 5.69 Å². The van der Waals surface area contributed by atoms with Crippen LogP contribution in [0.4, 0.5) is 11.4 Å². The Kier molecular flexibility index (Phi) is 4.85. The molecule has 1 aromatic carbocycles. The van der Waals surface area contributed by atoms with Crippen LogP contribution < -0.4 is 10.2 Å². The van der Waals surface area contributed by atoms with Gasteiger partial charge in [-0.05, 0) is 29.8 Å². The highest BCUT2D eigenvalue weighted by Gasteiger charge is 2.17. The first-order chi connectivity index (χ1) is 11.3. The number of aliphatic hydroxyl groups is 1. The van der Waals surface area contributed by atoms with Gasteiger partial charge >= 0.3 is 0 Å². The molecule has 120 valence electrons. The summed E-state index contributed by atoms with van der Waals surface area (Å²) >= 11 is 0. The third-order valence-electron chi connectivity index (χ3n) is 3.74. The molecule has 0 atom stereocenters. The number of amides is 1. The fourth-order valence-electron chi connectivity index (χ4n) is 2.53. The van der Waals surface area contributed by atoms with E-state index in [0.29, 0.717) is 24.6 Å². The average molecular weight is 313 g/mol. The molecule has 1 aliphatic heterocycles. The van der Waals surface area contributed by atoms with Gasteiger partial charge in [0.25, 0.3) is 5.91 Å². The Morgan fingerprint density at radius 2 is 2.09 bits per heavy atom. The zero-order chi connectivity index (χ0) is 16.1. The van der Waals surface area contributed by atoms with Crippen molar-refractivity contribution in [3.63, 3.8) is 0 Å². The largest absolute Gasteiger partial charge is 0.392 e. The number of rotatable bonds is 4. The summed E-state index contributed by atoms with van der Waals surface area (Å²) in [7, 11) is 0. The van der Waals surface area contributed by atoms with Crippen LogP contribution in [0, 0.1) is 0 Å². The van der Waals surface area contributed by atoms with E-state index in [4.69, 9.17) is 4.74 Å². The number of nitrogens with one attached hydrogen (secondary N) is 1. The first-order valence-corrected chi connectivity index (χ1v) is 7.57. The quantitative estimate of drug-likeness (QED) is 0.898. The van der Waals surface area contributed by atoms with E-state index in [-0.39, 0.29) is 12.5 Å². The van der Waals surface area contributed by atoms with Crippen LogP contribution >= 0.6 is 0 Å². The SMILES string of the molecule is O=C(Nc1ccc(CO)cc1N1CCOCC1)c1ccccn1. The van der Waals surface area contributed by atoms with E-state index < -0.39 is 0 Å². The number of benzene rings is 1. The lowest BCUT2D eigenvalue weighted by molar-refractivity contribution is 0.102. The second-order valence-electron chi connectivity index (χ2n) is 5.28. The topological polar surface area (TPSA) is 74.7 Å². The lowest BCUT2D eigenvalue weighted by atomic mass is 10.1. The van der Waals surface area contributed by atoms with Crippen LogP contribution in [-0.4, -0.2) is 42.3 Å². The van der Waals surface area contributed by atoms with E-state index in [9.17, 15) is 9.90 Å². The Morgan fingerprint density at radius 1 is 1.26 bits per heavy atom. The minimum absolute atomic E-state index is 0.0359. The standard InChI is InChI=1S/C17H19N3O3/c21-12-13-4-5-14(16(11-13)20-7-9-23-10-8-20)19-17(22)15-3-1-2-6-18-15/h1-6,11,21H,7-10,12H2,(H,19,22). The lowest BCUT2D eigenvalue weighted by Gasteiger charge is -2.31. The highest BCUT2D eigenvalue weighted by molar-refractivity contribution is 6.04. The van der Waals surface area contributed by atoms with Crippen LogP contribution in [-0.2, 0) is 11.3 Å². The first kappa shape index (κ1) is 15.5. The van der Waals surface area contributed by atoms with E-state index in [0.717, 1.165) is 24.3 Å². The van der Waals surface area contributed by atoms with Gasteiger partial charge in [-0.3, -0.25) is 9.78 Å². The monoisotopic (exact) mass is 313 g/mol. The van der Waals surface area contributed by atoms with Gasteiger partial charge in [-0.2, -0.15) is 0 Å². The molecule has 23 heavy (non-hydrogen) atoms. The molecule has 6 heteroatoms. The molecule has 0 radical (unpaired) electrons. The predicted octanol–water partition coefficient (Wildman–Crippen LogP) is 1.66. The van der Waals surface area contributed by atoms with Crippen molar-refractivity contribution >= 4 is 17.3 Å². The highest BCUT2D eigenvalue weighted by atomic mass is 16.5. The number of pyridine rings is 1. The Labute approximate surface area is 134 Å². The average Bonchev–Trinajstić information content (AvgIpc) is 2.63. The summed E-state index contributed by atoms with van der Waals surface area (Å²) in [5.41, 5.74) is 2.78. The number of carbonyl (C=O) groups excluding carboxylic acids is 1. The zero-order valence-corrected chi connectivity index (χ0v) is 12.7. The van der Waals surface area contributed by atoms with E-state index in [1.54, 1.807) is 30.5 Å². The molecule has 1 amide bonds. The second-order valence-corrected chi connectivity index (χ2v) is 5.28. The Morgan fingerprint density at radius 3 is 2.78 bits per heavy atom. The van der Waals surface area contributed by atoms with Crippen LogP contribution in [0.2, 0.25) is 0 Å². The van der Waals surface area contributed by atoms with Crippen molar-refractivity contribution in [2.45, 2.75) is 6.61 Å². The van der Waals surface area contributed by atoms with Crippen LogP contribution in [0.25, 0.3) is 0 Å². The molecule has 1 aromatic heterocycles. The van der Waals surface area contributed by atoms with Crippen LogP contribution in [0.1, 0.15) is 16.1 Å². The molecule has 0 aliphatic carbocycles. The third kappa shape index (κ3) is 3.67. The summed E-state index contributed by atoms with van der Waals surface area (Å²) in [5.74, 6) is -0.253. The van der Waals surface area contributed by atoms with Gasteiger partial charge < -0.3 is 20.1 Å². The van der Waals surface area contributed by atoms with Gasteiger partial charge in [0.05, 0.1) is 31.2 Å². The maximum absolute atomic E-state index is 12.3. The van der Waals surface area contributed by atoms with Gasteiger partial charge in [0.2, 0.25) is 0 Å². The van der Waals surface area contributed by atoms with Crippen molar-refractivity contribution < 1.29 is 14.6 Å². The number of morpholine rings is 1. The fraction of sp³-hybridized carbons (Fsp3) is 0.294. The smallest absolute Gasteiger partial charge is 0.274 e. The highest BCUT2D eigenvalue weighted by Crippen LogP contribution is 2.28. The van der Waals surface area contributed by atoms with Crippen molar-refractivity contribution in [1.29, 1.82) is 0 Å². The molecule has 1 aliphatic rings. The van der Waals surface area contributed by atoms with Gasteiger partial charge in [-0.25, -0.2) is 0 Å². The second kappa shape index (κ2) is 7.21. The van der Waals surface area contributed by atoms with Crippen molar-refractivity contribution in [3.8, 4) is 0 Å². The molecular formula is C17H19N3O3. The van der Waals surface area contributed by atoms with Gasteiger partial charge in [0, 0.05) is 19.3 Å². The van der Waals surface area contributed by atoms with Crippen molar-refractivity contribution in [2.24, 2.45) is 0 Å². The molecule has 0 unspecified atom stereocenters.